The van der Waals surface area contributed by atoms with E-state index in [2.05, 4.69) is 9.47 Å². The summed E-state index contributed by atoms with van der Waals surface area (Å²) >= 11 is 0. The molecule has 0 saturated carbocycles. The molecule has 1 unspecified atom stereocenters. The van der Waals surface area contributed by atoms with Crippen molar-refractivity contribution in [3.63, 3.8) is 0 Å². The lowest BCUT2D eigenvalue weighted by molar-refractivity contribution is -0.136. The summed E-state index contributed by atoms with van der Waals surface area (Å²) in [7, 11) is 2.91. The zero-order valence-corrected chi connectivity index (χ0v) is 19.3. The van der Waals surface area contributed by atoms with Crippen LogP contribution in [0.2, 0.25) is 0 Å². The molecule has 1 heterocycles. The number of para-hydroxylation sites is 1. The minimum Gasteiger partial charge on any atom is -0.493 e. The predicted octanol–water partition coefficient (Wildman–Crippen LogP) is 4.41. The highest BCUT2D eigenvalue weighted by Crippen LogP contribution is 2.30. The van der Waals surface area contributed by atoms with Crippen LogP contribution in [0.3, 0.4) is 0 Å². The second kappa shape index (κ2) is 11.8. The van der Waals surface area contributed by atoms with Crippen molar-refractivity contribution in [2.24, 2.45) is 5.92 Å². The van der Waals surface area contributed by atoms with E-state index in [-0.39, 0.29) is 41.8 Å². The number of ether oxygens (including phenoxy) is 3. The smallest absolute Gasteiger partial charge is 0.387 e. The monoisotopic (exact) mass is 498 g/mol. The molecule has 0 radical (unpaired) electrons. The maximum absolute atomic E-state index is 13.1. The van der Waals surface area contributed by atoms with Crippen molar-refractivity contribution in [2.75, 3.05) is 27.2 Å². The van der Waals surface area contributed by atoms with Crippen LogP contribution in [0, 0.1) is 5.92 Å². The number of likely N-dealkylation sites (tertiary alicyclic amines) is 1. The molecule has 0 aliphatic carbocycles. The average Bonchev–Trinajstić information content (AvgIpc) is 2.83. The van der Waals surface area contributed by atoms with Gasteiger partial charge in [0.05, 0.1) is 18.6 Å². The van der Waals surface area contributed by atoms with Gasteiger partial charge < -0.3 is 24.0 Å². The summed E-state index contributed by atoms with van der Waals surface area (Å²) in [6, 6.07) is 10.2. The van der Waals surface area contributed by atoms with Crippen LogP contribution in [0.4, 0.5) is 17.6 Å². The molecule has 35 heavy (non-hydrogen) atoms. The molecule has 11 heteroatoms. The molecule has 7 nitrogen and oxygen atoms in total. The standard InChI is InChI=1S/C24H26F4N2O5/c1-29(13-15-9-10-19(33-2)20(12-15)35-24(27)28)21(31)16-6-5-11-30(14-16)22(32)17-7-3-4-8-18(17)34-23(25)26/h3-4,7-10,12,16,23-24H,5-6,11,13-14H2,1-2H3. The van der Waals surface area contributed by atoms with Crippen molar-refractivity contribution in [1.82, 2.24) is 9.80 Å². The maximum Gasteiger partial charge on any atom is 0.387 e. The number of hydrogen-bond donors (Lipinski definition) is 0. The van der Waals surface area contributed by atoms with Crippen LogP contribution in [0.1, 0.15) is 28.8 Å². The first kappa shape index (κ1) is 26.1. The SMILES string of the molecule is COc1ccc(CN(C)C(=O)C2CCCN(C(=O)c3ccccc3OC(F)F)C2)cc1OC(F)F. The van der Waals surface area contributed by atoms with Crippen molar-refractivity contribution in [3.05, 3.63) is 53.6 Å². The first-order valence-corrected chi connectivity index (χ1v) is 10.9. The van der Waals surface area contributed by atoms with Gasteiger partial charge in [0.25, 0.3) is 5.91 Å². The van der Waals surface area contributed by atoms with E-state index in [4.69, 9.17) is 4.74 Å². The molecule has 0 spiro atoms. The summed E-state index contributed by atoms with van der Waals surface area (Å²) in [5.74, 6) is -1.45. The van der Waals surface area contributed by atoms with Crippen LogP contribution in [0.25, 0.3) is 0 Å². The van der Waals surface area contributed by atoms with Gasteiger partial charge in [-0.15, -0.1) is 0 Å². The van der Waals surface area contributed by atoms with E-state index >= 15 is 0 Å². The quantitative estimate of drug-likeness (QED) is 0.480. The minimum absolute atomic E-state index is 0.000883. The van der Waals surface area contributed by atoms with Gasteiger partial charge in [0.1, 0.15) is 5.75 Å². The summed E-state index contributed by atoms with van der Waals surface area (Å²) in [6.07, 6.45) is 1.10. The Morgan fingerprint density at radius 1 is 1.03 bits per heavy atom. The Morgan fingerprint density at radius 3 is 2.40 bits per heavy atom. The van der Waals surface area contributed by atoms with Gasteiger partial charge in [0.2, 0.25) is 5.91 Å². The van der Waals surface area contributed by atoms with Gasteiger partial charge in [-0.1, -0.05) is 18.2 Å². The number of hydrogen-bond acceptors (Lipinski definition) is 5. The normalized spacial score (nSPS) is 15.8. The summed E-state index contributed by atoms with van der Waals surface area (Å²) in [5, 5.41) is 0. The molecule has 0 N–H and O–H groups in total. The molecule has 0 aromatic heterocycles. The summed E-state index contributed by atoms with van der Waals surface area (Å²) in [4.78, 5) is 29.0. The molecular weight excluding hydrogens is 472 g/mol. The Bertz CT molecular complexity index is 1040. The molecule has 0 bridgehead atoms. The fourth-order valence-corrected chi connectivity index (χ4v) is 4.05. The molecule has 2 aromatic rings. The van der Waals surface area contributed by atoms with Gasteiger partial charge in [-0.25, -0.2) is 0 Å². The number of piperidine rings is 1. The topological polar surface area (TPSA) is 68.3 Å². The Balaban J connectivity index is 1.68. The third-order valence-corrected chi connectivity index (χ3v) is 5.63. The van der Waals surface area contributed by atoms with Crippen LogP contribution in [0.15, 0.2) is 42.5 Å². The fraction of sp³-hybridized carbons (Fsp3) is 0.417. The van der Waals surface area contributed by atoms with Gasteiger partial charge in [-0.3, -0.25) is 9.59 Å². The number of methoxy groups -OCH3 is 1. The molecular formula is C24H26F4N2O5. The lowest BCUT2D eigenvalue weighted by Crippen LogP contribution is -2.45. The largest absolute Gasteiger partial charge is 0.493 e. The van der Waals surface area contributed by atoms with Crippen molar-refractivity contribution >= 4 is 11.8 Å². The zero-order valence-electron chi connectivity index (χ0n) is 19.3. The van der Waals surface area contributed by atoms with E-state index in [9.17, 15) is 27.2 Å². The predicted molar refractivity (Wildman–Crippen MR) is 118 cm³/mol. The first-order valence-electron chi connectivity index (χ1n) is 10.9. The van der Waals surface area contributed by atoms with E-state index in [1.54, 1.807) is 19.2 Å². The fourth-order valence-electron chi connectivity index (χ4n) is 4.05. The summed E-state index contributed by atoms with van der Waals surface area (Å²) in [5.41, 5.74) is 0.554. The minimum atomic E-state index is -3.07. The molecule has 1 atom stereocenters. The van der Waals surface area contributed by atoms with E-state index in [1.165, 1.54) is 47.2 Å². The number of carbonyl (C=O) groups excluding carboxylic acids is 2. The van der Waals surface area contributed by atoms with Crippen LogP contribution in [0.5, 0.6) is 17.2 Å². The maximum atomic E-state index is 13.1. The summed E-state index contributed by atoms with van der Waals surface area (Å²) in [6.45, 7) is -5.48. The van der Waals surface area contributed by atoms with E-state index < -0.39 is 25.0 Å². The summed E-state index contributed by atoms with van der Waals surface area (Å²) < 4.78 is 64.8. The molecule has 2 amide bonds. The first-order chi connectivity index (χ1) is 16.7. The lowest BCUT2D eigenvalue weighted by atomic mass is 9.95. The van der Waals surface area contributed by atoms with Gasteiger partial charge >= 0.3 is 13.2 Å². The number of alkyl halides is 4. The van der Waals surface area contributed by atoms with Crippen molar-refractivity contribution in [2.45, 2.75) is 32.6 Å². The third kappa shape index (κ3) is 6.77. The lowest BCUT2D eigenvalue weighted by Gasteiger charge is -2.34. The van der Waals surface area contributed by atoms with E-state index in [1.807, 2.05) is 0 Å². The average molecular weight is 498 g/mol. The Morgan fingerprint density at radius 2 is 1.71 bits per heavy atom. The highest BCUT2D eigenvalue weighted by atomic mass is 19.3. The number of benzene rings is 2. The van der Waals surface area contributed by atoms with Crippen molar-refractivity contribution < 1.29 is 41.4 Å². The van der Waals surface area contributed by atoms with Crippen molar-refractivity contribution in [1.29, 1.82) is 0 Å². The van der Waals surface area contributed by atoms with Gasteiger partial charge in [0, 0.05) is 26.7 Å². The molecule has 1 aliphatic heterocycles. The molecule has 190 valence electrons. The number of halogens is 4. The molecule has 1 fully saturated rings. The highest BCUT2D eigenvalue weighted by Gasteiger charge is 2.32. The van der Waals surface area contributed by atoms with Gasteiger partial charge in [-0.05, 0) is 42.7 Å². The second-order valence-electron chi connectivity index (χ2n) is 8.02. The van der Waals surface area contributed by atoms with Crippen LogP contribution < -0.4 is 14.2 Å². The number of nitrogens with zero attached hydrogens (tertiary/aromatic N) is 2. The van der Waals surface area contributed by atoms with Crippen LogP contribution in [-0.4, -0.2) is 62.1 Å². The van der Waals surface area contributed by atoms with E-state index in [0.717, 1.165) is 0 Å². The van der Waals surface area contributed by atoms with Gasteiger partial charge in [-0.2, -0.15) is 17.6 Å². The molecule has 1 saturated heterocycles. The van der Waals surface area contributed by atoms with Crippen molar-refractivity contribution in [3.8, 4) is 17.2 Å². The number of rotatable bonds is 9. The molecule has 1 aliphatic rings. The number of amides is 2. The second-order valence-corrected chi connectivity index (χ2v) is 8.02. The van der Waals surface area contributed by atoms with E-state index in [0.29, 0.717) is 24.9 Å². The molecule has 2 aromatic carbocycles. The number of carbonyl (C=O) groups is 2. The third-order valence-electron chi connectivity index (χ3n) is 5.63. The van der Waals surface area contributed by atoms with Gasteiger partial charge in [0.15, 0.2) is 11.5 Å². The highest BCUT2D eigenvalue weighted by molar-refractivity contribution is 5.97. The Kier molecular flexibility index (Phi) is 8.78. The van der Waals surface area contributed by atoms with Crippen LogP contribution >= 0.6 is 0 Å². The Hall–Kier alpha value is -3.50. The molecule has 3 rings (SSSR count). The zero-order chi connectivity index (χ0) is 25.5. The van der Waals surface area contributed by atoms with Crippen LogP contribution in [-0.2, 0) is 11.3 Å². The Labute approximate surface area is 200 Å².